The molecule has 2 atom stereocenters. The van der Waals surface area contributed by atoms with Gasteiger partial charge in [-0.15, -0.1) is 11.6 Å². The van der Waals surface area contributed by atoms with Gasteiger partial charge in [0.25, 0.3) is 0 Å². The molecule has 0 N–H and O–H groups in total. The van der Waals surface area contributed by atoms with Crippen LogP contribution in [0.1, 0.15) is 31.7 Å². The molecule has 0 aliphatic rings. The Bertz CT molecular complexity index is 474. The van der Waals surface area contributed by atoms with E-state index in [4.69, 9.17) is 11.6 Å². The summed E-state index contributed by atoms with van der Waals surface area (Å²) >= 11 is 6.04. The smallest absolute Gasteiger partial charge is 0.0313 e. The summed E-state index contributed by atoms with van der Waals surface area (Å²) in [5, 5.41) is 2.85. The van der Waals surface area contributed by atoms with Crippen LogP contribution in [0.2, 0.25) is 0 Å². The van der Waals surface area contributed by atoms with Crippen LogP contribution in [0, 0.1) is 0 Å². The summed E-state index contributed by atoms with van der Waals surface area (Å²) in [6, 6.07) is 15.2. The standard InChI is InChI=1S/C15H17Cl/c1-11(9-12(2)16)14-8-7-13-5-3-4-6-15(13)10-14/h3-8,10-12H,9H2,1-2H3. The van der Waals surface area contributed by atoms with Crippen molar-refractivity contribution in [3.8, 4) is 0 Å². The highest BCUT2D eigenvalue weighted by atomic mass is 35.5. The zero-order valence-corrected chi connectivity index (χ0v) is 10.5. The normalized spacial score (nSPS) is 14.9. The summed E-state index contributed by atoms with van der Waals surface area (Å²) in [4.78, 5) is 0. The molecule has 0 fully saturated rings. The number of rotatable bonds is 3. The first-order valence-electron chi connectivity index (χ1n) is 5.79. The van der Waals surface area contributed by atoms with Gasteiger partial charge < -0.3 is 0 Å². The Hall–Kier alpha value is -1.01. The van der Waals surface area contributed by atoms with Gasteiger partial charge in [0.05, 0.1) is 0 Å². The topological polar surface area (TPSA) is 0 Å². The molecular weight excluding hydrogens is 216 g/mol. The van der Waals surface area contributed by atoms with Gasteiger partial charge in [0.2, 0.25) is 0 Å². The van der Waals surface area contributed by atoms with Crippen molar-refractivity contribution < 1.29 is 0 Å². The monoisotopic (exact) mass is 232 g/mol. The van der Waals surface area contributed by atoms with Gasteiger partial charge in [-0.2, -0.15) is 0 Å². The Kier molecular flexibility index (Phi) is 3.50. The van der Waals surface area contributed by atoms with Crippen molar-refractivity contribution in [2.45, 2.75) is 31.6 Å². The first-order valence-corrected chi connectivity index (χ1v) is 6.23. The van der Waals surface area contributed by atoms with Crippen molar-refractivity contribution in [3.05, 3.63) is 48.0 Å². The second kappa shape index (κ2) is 4.88. The molecule has 16 heavy (non-hydrogen) atoms. The first-order chi connectivity index (χ1) is 7.66. The summed E-state index contributed by atoms with van der Waals surface area (Å²) in [5.41, 5.74) is 1.38. The summed E-state index contributed by atoms with van der Waals surface area (Å²) in [7, 11) is 0. The van der Waals surface area contributed by atoms with Gasteiger partial charge in [-0.05, 0) is 35.6 Å². The van der Waals surface area contributed by atoms with Gasteiger partial charge in [0.15, 0.2) is 0 Å². The van der Waals surface area contributed by atoms with Gasteiger partial charge in [-0.25, -0.2) is 0 Å². The van der Waals surface area contributed by atoms with Crippen LogP contribution in [-0.2, 0) is 0 Å². The summed E-state index contributed by atoms with van der Waals surface area (Å²) < 4.78 is 0. The largest absolute Gasteiger partial charge is 0.123 e. The van der Waals surface area contributed by atoms with Crippen LogP contribution < -0.4 is 0 Å². The number of hydrogen-bond donors (Lipinski definition) is 0. The number of benzene rings is 2. The zero-order valence-electron chi connectivity index (χ0n) is 9.78. The predicted octanol–water partition coefficient (Wildman–Crippen LogP) is 4.96. The number of halogens is 1. The average Bonchev–Trinajstić information content (AvgIpc) is 2.27. The van der Waals surface area contributed by atoms with Crippen LogP contribution in [0.3, 0.4) is 0 Å². The second-order valence-electron chi connectivity index (χ2n) is 4.52. The molecule has 84 valence electrons. The molecule has 1 heteroatoms. The van der Waals surface area contributed by atoms with Gasteiger partial charge in [0, 0.05) is 5.38 Å². The predicted molar refractivity (Wildman–Crippen MR) is 72.3 cm³/mol. The van der Waals surface area contributed by atoms with E-state index in [1.54, 1.807) is 0 Å². The van der Waals surface area contributed by atoms with E-state index >= 15 is 0 Å². The lowest BCUT2D eigenvalue weighted by atomic mass is 9.94. The molecule has 0 heterocycles. The fourth-order valence-electron chi connectivity index (χ4n) is 2.14. The molecule has 2 unspecified atom stereocenters. The highest BCUT2D eigenvalue weighted by Gasteiger charge is 2.09. The second-order valence-corrected chi connectivity index (χ2v) is 5.27. The van der Waals surface area contributed by atoms with E-state index in [1.165, 1.54) is 16.3 Å². The summed E-state index contributed by atoms with van der Waals surface area (Å²) in [6.45, 7) is 4.29. The Morgan fingerprint density at radius 3 is 2.38 bits per heavy atom. The number of alkyl halides is 1. The van der Waals surface area contributed by atoms with Crippen molar-refractivity contribution in [1.29, 1.82) is 0 Å². The maximum Gasteiger partial charge on any atom is 0.0313 e. The van der Waals surface area contributed by atoms with E-state index in [0.717, 1.165) is 6.42 Å². The van der Waals surface area contributed by atoms with Gasteiger partial charge in [-0.1, -0.05) is 49.4 Å². The van der Waals surface area contributed by atoms with Crippen molar-refractivity contribution >= 4 is 22.4 Å². The molecular formula is C15H17Cl. The molecule has 0 aromatic heterocycles. The molecule has 2 aromatic carbocycles. The molecule has 0 amide bonds. The van der Waals surface area contributed by atoms with Crippen LogP contribution >= 0.6 is 11.6 Å². The molecule has 0 bridgehead atoms. The summed E-state index contributed by atoms with van der Waals surface area (Å²) in [6.07, 6.45) is 1.03. The van der Waals surface area contributed by atoms with E-state index in [9.17, 15) is 0 Å². The average molecular weight is 233 g/mol. The van der Waals surface area contributed by atoms with Crippen LogP contribution in [0.5, 0.6) is 0 Å². The lowest BCUT2D eigenvalue weighted by Crippen LogP contribution is -2.00. The SMILES string of the molecule is CC(Cl)CC(C)c1ccc2ccccc2c1. The molecule has 2 rings (SSSR count). The van der Waals surface area contributed by atoms with E-state index in [0.29, 0.717) is 5.92 Å². The van der Waals surface area contributed by atoms with Crippen molar-refractivity contribution in [3.63, 3.8) is 0 Å². The minimum atomic E-state index is 0.237. The third kappa shape index (κ3) is 2.56. The Morgan fingerprint density at radius 1 is 1.00 bits per heavy atom. The van der Waals surface area contributed by atoms with E-state index in [2.05, 4.69) is 56.3 Å². The van der Waals surface area contributed by atoms with Crippen LogP contribution in [0.4, 0.5) is 0 Å². The molecule has 2 aromatic rings. The van der Waals surface area contributed by atoms with E-state index in [1.807, 2.05) is 0 Å². The third-order valence-electron chi connectivity index (χ3n) is 3.02. The van der Waals surface area contributed by atoms with Crippen molar-refractivity contribution in [2.24, 2.45) is 0 Å². The van der Waals surface area contributed by atoms with E-state index in [-0.39, 0.29) is 5.38 Å². The van der Waals surface area contributed by atoms with Gasteiger partial charge >= 0.3 is 0 Å². The Morgan fingerprint density at radius 2 is 1.69 bits per heavy atom. The maximum atomic E-state index is 6.04. The van der Waals surface area contributed by atoms with Crippen molar-refractivity contribution in [2.75, 3.05) is 0 Å². The van der Waals surface area contributed by atoms with Gasteiger partial charge in [-0.3, -0.25) is 0 Å². The van der Waals surface area contributed by atoms with Crippen LogP contribution in [0.15, 0.2) is 42.5 Å². The number of hydrogen-bond acceptors (Lipinski definition) is 0. The maximum absolute atomic E-state index is 6.04. The molecule has 0 aliphatic carbocycles. The lowest BCUT2D eigenvalue weighted by molar-refractivity contribution is 0.671. The lowest BCUT2D eigenvalue weighted by Gasteiger charge is -2.14. The van der Waals surface area contributed by atoms with Crippen LogP contribution in [0.25, 0.3) is 10.8 Å². The minimum Gasteiger partial charge on any atom is -0.123 e. The molecule has 0 spiro atoms. The fourth-order valence-corrected chi connectivity index (χ4v) is 2.40. The van der Waals surface area contributed by atoms with Crippen LogP contribution in [-0.4, -0.2) is 5.38 Å². The highest BCUT2D eigenvalue weighted by molar-refractivity contribution is 6.20. The highest BCUT2D eigenvalue weighted by Crippen LogP contribution is 2.25. The molecule has 0 nitrogen and oxygen atoms in total. The van der Waals surface area contributed by atoms with E-state index < -0.39 is 0 Å². The zero-order chi connectivity index (χ0) is 11.5. The molecule has 0 aliphatic heterocycles. The number of fused-ring (bicyclic) bond motifs is 1. The van der Waals surface area contributed by atoms with Gasteiger partial charge in [0.1, 0.15) is 0 Å². The first kappa shape index (κ1) is 11.5. The molecule has 0 saturated heterocycles. The Labute approximate surface area is 102 Å². The molecule has 0 saturated carbocycles. The fraction of sp³-hybridized carbons (Fsp3) is 0.333. The summed E-state index contributed by atoms with van der Waals surface area (Å²) in [5.74, 6) is 0.525. The molecule has 0 radical (unpaired) electrons. The third-order valence-corrected chi connectivity index (χ3v) is 3.20. The minimum absolute atomic E-state index is 0.237. The quantitative estimate of drug-likeness (QED) is 0.656. The Balaban J connectivity index is 2.32. The van der Waals surface area contributed by atoms with Crippen molar-refractivity contribution in [1.82, 2.24) is 0 Å².